The molecule has 0 saturated heterocycles. The predicted molar refractivity (Wildman–Crippen MR) is 112 cm³/mol. The number of ether oxygens (including phenoxy) is 6. The summed E-state index contributed by atoms with van der Waals surface area (Å²) in [6.07, 6.45) is 0. The summed E-state index contributed by atoms with van der Waals surface area (Å²) in [5.41, 5.74) is 0. The van der Waals surface area contributed by atoms with E-state index in [0.29, 0.717) is 39.6 Å². The van der Waals surface area contributed by atoms with Gasteiger partial charge in [0, 0.05) is 0 Å². The van der Waals surface area contributed by atoms with Crippen LogP contribution in [-0.2, 0) is 46.6 Å². The van der Waals surface area contributed by atoms with Gasteiger partial charge >= 0.3 is 7.82 Å². The van der Waals surface area contributed by atoms with Crippen LogP contribution in [0.15, 0.2) is 0 Å². The molecule has 0 saturated carbocycles. The number of hydrogen-bond acceptors (Lipinski definition) is 13. The van der Waals surface area contributed by atoms with E-state index >= 15 is 0 Å². The summed E-state index contributed by atoms with van der Waals surface area (Å²) < 4.78 is 59.5. The third-order valence-corrected chi connectivity index (χ3v) is 4.75. The Morgan fingerprint density at radius 2 is 0.594 bits per heavy atom. The second kappa shape index (κ2) is 25.4. The van der Waals surface area contributed by atoms with Crippen LogP contribution in [0.4, 0.5) is 0 Å². The smallest absolute Gasteiger partial charge is 0.394 e. The van der Waals surface area contributed by atoms with Gasteiger partial charge in [0.05, 0.1) is 119 Å². The van der Waals surface area contributed by atoms with Gasteiger partial charge in [-0.05, 0) is 0 Å². The Morgan fingerprint density at radius 3 is 0.844 bits per heavy atom. The van der Waals surface area contributed by atoms with E-state index in [2.05, 4.69) is 0 Å². The first-order chi connectivity index (χ1) is 15.7. The third-order valence-electron chi connectivity index (χ3n) is 3.25. The molecular weight excluding hydrogens is 455 g/mol. The van der Waals surface area contributed by atoms with E-state index in [0.717, 1.165) is 0 Å². The molecule has 0 rings (SSSR count). The summed E-state index contributed by atoms with van der Waals surface area (Å²) in [7, 11) is -3.85. The molecule has 0 atom stereocenters. The molecule has 0 bridgehead atoms. The van der Waals surface area contributed by atoms with Crippen LogP contribution in [0.1, 0.15) is 0 Å². The molecule has 194 valence electrons. The van der Waals surface area contributed by atoms with Gasteiger partial charge in [-0.3, -0.25) is 13.6 Å². The van der Waals surface area contributed by atoms with Gasteiger partial charge in [-0.1, -0.05) is 0 Å². The van der Waals surface area contributed by atoms with Crippen molar-refractivity contribution in [3.63, 3.8) is 0 Å². The maximum Gasteiger partial charge on any atom is 0.475 e. The molecule has 0 aromatic heterocycles. The van der Waals surface area contributed by atoms with E-state index in [1.807, 2.05) is 0 Å². The third kappa shape index (κ3) is 22.9. The van der Waals surface area contributed by atoms with Gasteiger partial charge < -0.3 is 43.7 Å². The van der Waals surface area contributed by atoms with Crippen molar-refractivity contribution in [1.29, 1.82) is 0 Å². The van der Waals surface area contributed by atoms with Crippen LogP contribution in [0.3, 0.4) is 0 Å². The lowest BCUT2D eigenvalue weighted by atomic mass is 10.7. The topological polar surface area (TPSA) is 161 Å². The Labute approximate surface area is 189 Å². The van der Waals surface area contributed by atoms with Gasteiger partial charge in [0.1, 0.15) is 0 Å². The monoisotopic (exact) mass is 494 g/mol. The molecule has 0 fully saturated rings. The average molecular weight is 494 g/mol. The van der Waals surface area contributed by atoms with Crippen molar-refractivity contribution in [2.45, 2.75) is 0 Å². The summed E-state index contributed by atoms with van der Waals surface area (Å²) in [5.74, 6) is 0. The normalized spacial score (nSPS) is 12.0. The summed E-state index contributed by atoms with van der Waals surface area (Å²) in [6, 6.07) is 0. The lowest BCUT2D eigenvalue weighted by Crippen LogP contribution is -2.15. The summed E-state index contributed by atoms with van der Waals surface area (Å²) in [5, 5.41) is 25.8. The standard InChI is InChI=1S/C18H39O13P/c19-1-4-23-7-10-26-13-16-29-32(22,30-17-14-27-11-8-24-5-2-20)31-18-15-28-12-9-25-6-3-21/h19-21H,1-18H2. The molecule has 32 heavy (non-hydrogen) atoms. The quantitative estimate of drug-likeness (QED) is 0.0964. The largest absolute Gasteiger partial charge is 0.475 e. The second-order valence-electron chi connectivity index (χ2n) is 5.79. The fourth-order valence-corrected chi connectivity index (χ4v) is 3.01. The Balaban J connectivity index is 4.06. The summed E-state index contributed by atoms with van der Waals surface area (Å²) in [6.45, 7) is 2.79. The maximum absolute atomic E-state index is 12.7. The Bertz CT molecular complexity index is 359. The highest BCUT2D eigenvalue weighted by Gasteiger charge is 2.26. The van der Waals surface area contributed by atoms with Crippen molar-refractivity contribution < 1.29 is 61.9 Å². The Morgan fingerprint density at radius 1 is 0.375 bits per heavy atom. The lowest BCUT2D eigenvalue weighted by molar-refractivity contribution is 0.000867. The minimum atomic E-state index is -3.85. The van der Waals surface area contributed by atoms with Gasteiger partial charge in [0.25, 0.3) is 0 Å². The molecule has 0 heterocycles. The van der Waals surface area contributed by atoms with E-state index in [4.69, 9.17) is 57.3 Å². The van der Waals surface area contributed by atoms with Crippen molar-refractivity contribution in [2.75, 3.05) is 119 Å². The molecule has 13 nitrogen and oxygen atoms in total. The van der Waals surface area contributed by atoms with Crippen LogP contribution in [0.5, 0.6) is 0 Å². The van der Waals surface area contributed by atoms with Crippen LogP contribution in [0.25, 0.3) is 0 Å². The lowest BCUT2D eigenvalue weighted by Gasteiger charge is -2.18. The van der Waals surface area contributed by atoms with Crippen LogP contribution in [-0.4, -0.2) is 134 Å². The molecule has 0 aliphatic heterocycles. The molecule has 0 aromatic carbocycles. The van der Waals surface area contributed by atoms with E-state index in [1.54, 1.807) is 0 Å². The number of phosphoric ester groups is 1. The minimum Gasteiger partial charge on any atom is -0.394 e. The zero-order valence-electron chi connectivity index (χ0n) is 18.6. The molecular formula is C18H39O13P. The molecule has 0 aliphatic rings. The van der Waals surface area contributed by atoms with Gasteiger partial charge in [-0.25, -0.2) is 4.57 Å². The van der Waals surface area contributed by atoms with E-state index in [9.17, 15) is 4.57 Å². The van der Waals surface area contributed by atoms with Crippen LogP contribution in [0, 0.1) is 0 Å². The van der Waals surface area contributed by atoms with Crippen molar-refractivity contribution >= 4 is 7.82 Å². The highest BCUT2D eigenvalue weighted by Crippen LogP contribution is 2.49. The Hall–Kier alpha value is -0.250. The zero-order valence-corrected chi connectivity index (χ0v) is 19.5. The molecule has 0 aliphatic carbocycles. The van der Waals surface area contributed by atoms with Crippen LogP contribution < -0.4 is 0 Å². The van der Waals surface area contributed by atoms with Crippen LogP contribution in [0.2, 0.25) is 0 Å². The number of rotatable bonds is 27. The van der Waals surface area contributed by atoms with Gasteiger partial charge in [-0.15, -0.1) is 0 Å². The van der Waals surface area contributed by atoms with E-state index in [-0.39, 0.29) is 79.3 Å². The molecule has 0 aromatic rings. The van der Waals surface area contributed by atoms with Gasteiger partial charge in [-0.2, -0.15) is 0 Å². The van der Waals surface area contributed by atoms with Crippen LogP contribution >= 0.6 is 7.82 Å². The van der Waals surface area contributed by atoms with Gasteiger partial charge in [0.15, 0.2) is 0 Å². The second-order valence-corrected chi connectivity index (χ2v) is 7.46. The van der Waals surface area contributed by atoms with E-state index < -0.39 is 7.82 Å². The number of aliphatic hydroxyl groups excluding tert-OH is 3. The highest BCUT2D eigenvalue weighted by molar-refractivity contribution is 7.48. The molecule has 3 N–H and O–H groups in total. The molecule has 0 amide bonds. The first-order valence-electron chi connectivity index (χ1n) is 10.5. The fraction of sp³-hybridized carbons (Fsp3) is 1.00. The molecule has 0 unspecified atom stereocenters. The number of aliphatic hydroxyl groups is 3. The Kier molecular flexibility index (Phi) is 25.2. The van der Waals surface area contributed by atoms with Crippen molar-refractivity contribution in [2.24, 2.45) is 0 Å². The number of phosphoric acid groups is 1. The summed E-state index contributed by atoms with van der Waals surface area (Å²) >= 11 is 0. The first kappa shape index (κ1) is 31.8. The zero-order chi connectivity index (χ0) is 23.6. The maximum atomic E-state index is 12.7. The van der Waals surface area contributed by atoms with Crippen molar-refractivity contribution in [1.82, 2.24) is 0 Å². The van der Waals surface area contributed by atoms with Crippen molar-refractivity contribution in [3.8, 4) is 0 Å². The first-order valence-corrected chi connectivity index (χ1v) is 12.0. The molecule has 0 radical (unpaired) electrons. The SMILES string of the molecule is O=P(OCCOCCOCCO)(OCCOCCOCCO)OCCOCCOCCO. The molecule has 14 heteroatoms. The average Bonchev–Trinajstić information content (AvgIpc) is 2.79. The van der Waals surface area contributed by atoms with E-state index in [1.165, 1.54) is 0 Å². The fourth-order valence-electron chi connectivity index (χ4n) is 1.90. The van der Waals surface area contributed by atoms with Gasteiger partial charge in [0.2, 0.25) is 0 Å². The molecule has 0 spiro atoms. The predicted octanol–water partition coefficient (Wildman–Crippen LogP) is -0.779. The minimum absolute atomic E-state index is 0.0248. The highest BCUT2D eigenvalue weighted by atomic mass is 31.2. The number of hydrogen-bond donors (Lipinski definition) is 3. The van der Waals surface area contributed by atoms with Crippen molar-refractivity contribution in [3.05, 3.63) is 0 Å². The summed E-state index contributed by atoms with van der Waals surface area (Å²) in [4.78, 5) is 0.